The summed E-state index contributed by atoms with van der Waals surface area (Å²) in [7, 11) is 0. The number of ether oxygens (including phenoxy) is 2. The van der Waals surface area contributed by atoms with Crippen LogP contribution >= 0.6 is 0 Å². The van der Waals surface area contributed by atoms with Crippen molar-refractivity contribution in [2.75, 3.05) is 13.1 Å². The number of Topliss-reactive ketones (excluding diaryl/α,β-unsaturated/α-hetero) is 1. The quantitative estimate of drug-likeness (QED) is 0.232. The Bertz CT molecular complexity index is 1440. The number of fused-ring (bicyclic) bond motifs is 1. The number of rotatable bonds is 12. The number of carbonyl (C=O) groups is 5. The Morgan fingerprint density at radius 3 is 2.28 bits per heavy atom. The molecule has 2 aromatic carbocycles. The standard InChI is InChI=1S/C35H48N4O7/c1-9-14-26(29(40)31(42)36-19-10-2)37-30(41)27-20-23(45-34(3,4)5)21-39(27)32(43)28(38-33(44)46-35(6,7)8)25-18-13-16-22-15-11-12-17-24(22)25/h10-13,15-18,23,26-28H,2,9,14,19-21H2,1,3-8H3,(H,36,42)(H,37,41)(H,38,44)/t23?,26?,27-,28?/m0/s1. The van der Waals surface area contributed by atoms with Gasteiger partial charge in [0.25, 0.3) is 11.8 Å². The summed E-state index contributed by atoms with van der Waals surface area (Å²) in [6.45, 7) is 16.4. The molecule has 0 saturated carbocycles. The molecule has 250 valence electrons. The normalized spacial score (nSPS) is 17.9. The molecule has 11 nitrogen and oxygen atoms in total. The van der Waals surface area contributed by atoms with Crippen LogP contribution in [-0.4, -0.2) is 77.0 Å². The van der Waals surface area contributed by atoms with Gasteiger partial charge in [0.15, 0.2) is 0 Å². The average molecular weight is 637 g/mol. The summed E-state index contributed by atoms with van der Waals surface area (Å²) < 4.78 is 11.7. The molecule has 1 aliphatic rings. The maximum atomic E-state index is 14.6. The van der Waals surface area contributed by atoms with Gasteiger partial charge in [0.1, 0.15) is 17.7 Å². The first-order valence-corrected chi connectivity index (χ1v) is 15.7. The minimum Gasteiger partial charge on any atom is -0.444 e. The van der Waals surface area contributed by atoms with E-state index in [-0.39, 0.29) is 25.9 Å². The molecule has 4 atom stereocenters. The molecular weight excluding hydrogens is 588 g/mol. The summed E-state index contributed by atoms with van der Waals surface area (Å²) in [5.74, 6) is -2.74. The zero-order valence-corrected chi connectivity index (χ0v) is 28.0. The van der Waals surface area contributed by atoms with E-state index in [2.05, 4.69) is 22.5 Å². The number of carbonyl (C=O) groups excluding carboxylic acids is 5. The second kappa shape index (κ2) is 15.4. The van der Waals surface area contributed by atoms with Crippen LogP contribution in [-0.2, 0) is 28.7 Å². The second-order valence-corrected chi connectivity index (χ2v) is 13.5. The first-order valence-electron chi connectivity index (χ1n) is 15.7. The fraction of sp³-hybridized carbons (Fsp3) is 0.514. The highest BCUT2D eigenvalue weighted by atomic mass is 16.6. The van der Waals surface area contributed by atoms with Gasteiger partial charge in [-0.25, -0.2) is 4.79 Å². The molecule has 1 heterocycles. The highest BCUT2D eigenvalue weighted by Crippen LogP contribution is 2.31. The lowest BCUT2D eigenvalue weighted by Crippen LogP contribution is -2.54. The minimum absolute atomic E-state index is 0.0671. The van der Waals surface area contributed by atoms with Crippen molar-refractivity contribution >= 4 is 40.4 Å². The van der Waals surface area contributed by atoms with Gasteiger partial charge in [-0.1, -0.05) is 61.9 Å². The van der Waals surface area contributed by atoms with Crippen molar-refractivity contribution < 1.29 is 33.4 Å². The third-order valence-electron chi connectivity index (χ3n) is 7.25. The van der Waals surface area contributed by atoms with Crippen LogP contribution in [0.25, 0.3) is 10.8 Å². The zero-order valence-electron chi connectivity index (χ0n) is 28.0. The SMILES string of the molecule is C=CCNC(=O)C(=O)C(CCC)NC(=O)[C@@H]1CC(OC(C)(C)C)CN1C(=O)C(NC(=O)OC(C)(C)C)c1cccc2ccccc12. The van der Waals surface area contributed by atoms with Gasteiger partial charge in [-0.3, -0.25) is 19.2 Å². The van der Waals surface area contributed by atoms with Crippen LogP contribution in [0.3, 0.4) is 0 Å². The number of nitrogens with zero attached hydrogens (tertiary/aromatic N) is 1. The van der Waals surface area contributed by atoms with Crippen LogP contribution in [0.2, 0.25) is 0 Å². The lowest BCUT2D eigenvalue weighted by atomic mass is 9.97. The molecule has 3 N–H and O–H groups in total. The van der Waals surface area contributed by atoms with Crippen LogP contribution in [0.4, 0.5) is 4.79 Å². The lowest BCUT2D eigenvalue weighted by molar-refractivity contribution is -0.143. The van der Waals surface area contributed by atoms with Crippen LogP contribution in [0, 0.1) is 0 Å². The van der Waals surface area contributed by atoms with Gasteiger partial charge in [-0.15, -0.1) is 6.58 Å². The Kier molecular flexibility index (Phi) is 12.1. The highest BCUT2D eigenvalue weighted by molar-refractivity contribution is 6.38. The first-order chi connectivity index (χ1) is 21.5. The summed E-state index contributed by atoms with van der Waals surface area (Å²) in [5.41, 5.74) is -0.860. The molecular formula is C35H48N4O7. The lowest BCUT2D eigenvalue weighted by Gasteiger charge is -2.31. The fourth-order valence-electron chi connectivity index (χ4n) is 5.48. The van der Waals surface area contributed by atoms with Gasteiger partial charge in [0.05, 0.1) is 17.7 Å². The Hall–Kier alpha value is -4.25. The van der Waals surface area contributed by atoms with E-state index < -0.39 is 65.0 Å². The van der Waals surface area contributed by atoms with E-state index in [0.29, 0.717) is 12.0 Å². The van der Waals surface area contributed by atoms with E-state index in [1.54, 1.807) is 32.9 Å². The topological polar surface area (TPSA) is 143 Å². The molecule has 11 heteroatoms. The van der Waals surface area contributed by atoms with Crippen molar-refractivity contribution in [2.24, 2.45) is 0 Å². The number of alkyl carbamates (subject to hydrolysis) is 1. The second-order valence-electron chi connectivity index (χ2n) is 13.5. The molecule has 1 saturated heterocycles. The van der Waals surface area contributed by atoms with Crippen molar-refractivity contribution in [3.63, 3.8) is 0 Å². The maximum absolute atomic E-state index is 14.6. The van der Waals surface area contributed by atoms with Crippen LogP contribution in [0.15, 0.2) is 55.1 Å². The molecule has 0 aliphatic carbocycles. The van der Waals surface area contributed by atoms with Gasteiger partial charge < -0.3 is 30.3 Å². The molecule has 2 aromatic rings. The largest absolute Gasteiger partial charge is 0.444 e. The molecule has 46 heavy (non-hydrogen) atoms. The Balaban J connectivity index is 2.02. The monoisotopic (exact) mass is 636 g/mol. The number of benzene rings is 2. The van der Waals surface area contributed by atoms with Gasteiger partial charge in [-0.2, -0.15) is 0 Å². The van der Waals surface area contributed by atoms with Gasteiger partial charge in [0, 0.05) is 19.5 Å². The molecule has 1 fully saturated rings. The summed E-state index contributed by atoms with van der Waals surface area (Å²) in [6, 6.07) is 9.62. The van der Waals surface area contributed by atoms with E-state index in [0.717, 1.165) is 10.8 Å². The van der Waals surface area contributed by atoms with E-state index in [1.807, 2.05) is 58.0 Å². The Morgan fingerprint density at radius 2 is 1.65 bits per heavy atom. The summed E-state index contributed by atoms with van der Waals surface area (Å²) in [5, 5.41) is 9.56. The van der Waals surface area contributed by atoms with Crippen molar-refractivity contribution in [2.45, 2.75) is 103 Å². The zero-order chi connectivity index (χ0) is 34.2. The molecule has 0 spiro atoms. The molecule has 3 unspecified atom stereocenters. The van der Waals surface area contributed by atoms with Gasteiger partial charge in [-0.05, 0) is 64.3 Å². The smallest absolute Gasteiger partial charge is 0.408 e. The predicted molar refractivity (Wildman–Crippen MR) is 176 cm³/mol. The molecule has 3 rings (SSSR count). The van der Waals surface area contributed by atoms with Crippen molar-refractivity contribution in [1.29, 1.82) is 0 Å². The van der Waals surface area contributed by atoms with E-state index in [4.69, 9.17) is 9.47 Å². The van der Waals surface area contributed by atoms with Crippen molar-refractivity contribution in [1.82, 2.24) is 20.9 Å². The number of ketones is 1. The number of amides is 4. The number of likely N-dealkylation sites (tertiary alicyclic amines) is 1. The Morgan fingerprint density at radius 1 is 0.978 bits per heavy atom. The summed E-state index contributed by atoms with van der Waals surface area (Å²) in [6.07, 6.45) is 1.06. The summed E-state index contributed by atoms with van der Waals surface area (Å²) in [4.78, 5) is 68.4. The third-order valence-corrected chi connectivity index (χ3v) is 7.25. The van der Waals surface area contributed by atoms with Gasteiger partial charge >= 0.3 is 6.09 Å². The molecule has 0 radical (unpaired) electrons. The number of nitrogens with one attached hydrogen (secondary N) is 3. The van der Waals surface area contributed by atoms with Crippen molar-refractivity contribution in [3.8, 4) is 0 Å². The van der Waals surface area contributed by atoms with Gasteiger partial charge in [0.2, 0.25) is 11.7 Å². The predicted octanol–water partition coefficient (Wildman–Crippen LogP) is 4.35. The Labute approximate surface area is 271 Å². The van der Waals surface area contributed by atoms with E-state index in [1.165, 1.54) is 11.0 Å². The molecule has 1 aliphatic heterocycles. The van der Waals surface area contributed by atoms with Crippen LogP contribution < -0.4 is 16.0 Å². The van der Waals surface area contributed by atoms with E-state index in [9.17, 15) is 24.0 Å². The van der Waals surface area contributed by atoms with Crippen LogP contribution in [0.5, 0.6) is 0 Å². The van der Waals surface area contributed by atoms with Crippen LogP contribution in [0.1, 0.15) is 79.3 Å². The summed E-state index contributed by atoms with van der Waals surface area (Å²) >= 11 is 0. The maximum Gasteiger partial charge on any atom is 0.408 e. The fourth-order valence-corrected chi connectivity index (χ4v) is 5.48. The number of hydrogen-bond donors (Lipinski definition) is 3. The average Bonchev–Trinajstić information content (AvgIpc) is 3.39. The third kappa shape index (κ3) is 9.87. The van der Waals surface area contributed by atoms with E-state index >= 15 is 0 Å². The minimum atomic E-state index is -1.21. The molecule has 4 amide bonds. The molecule has 0 aromatic heterocycles. The van der Waals surface area contributed by atoms with Crippen molar-refractivity contribution in [3.05, 3.63) is 60.7 Å². The number of hydrogen-bond acceptors (Lipinski definition) is 7. The molecule has 0 bridgehead atoms. The highest BCUT2D eigenvalue weighted by Gasteiger charge is 2.45. The first kappa shape index (κ1) is 36.2.